The Morgan fingerprint density at radius 3 is 2.50 bits per heavy atom. The first-order chi connectivity index (χ1) is 12.3. The fourth-order valence-corrected chi connectivity index (χ4v) is 3.71. The summed E-state index contributed by atoms with van der Waals surface area (Å²) in [5, 5.41) is 0. The summed E-state index contributed by atoms with van der Waals surface area (Å²) >= 11 is 0. The molecule has 2 saturated heterocycles. The van der Waals surface area contributed by atoms with E-state index in [0.29, 0.717) is 25.6 Å². The molecule has 6 heteroatoms. The van der Waals surface area contributed by atoms with E-state index >= 15 is 0 Å². The monoisotopic (exact) mass is 360 g/mol. The van der Waals surface area contributed by atoms with E-state index in [1.54, 1.807) is 4.90 Å². The van der Waals surface area contributed by atoms with Gasteiger partial charge in [-0.1, -0.05) is 30.3 Å². The third-order valence-corrected chi connectivity index (χ3v) is 4.93. The van der Waals surface area contributed by atoms with Gasteiger partial charge in [-0.3, -0.25) is 0 Å². The van der Waals surface area contributed by atoms with Crippen molar-refractivity contribution in [2.75, 3.05) is 19.6 Å². The second kappa shape index (κ2) is 7.56. The molecule has 2 aliphatic rings. The van der Waals surface area contributed by atoms with Gasteiger partial charge in [0.1, 0.15) is 12.2 Å². The normalized spacial score (nSPS) is 22.7. The largest absolute Gasteiger partial charge is 0.445 e. The van der Waals surface area contributed by atoms with Crippen molar-refractivity contribution in [2.45, 2.75) is 51.9 Å². The number of benzene rings is 1. The highest BCUT2D eigenvalue weighted by atomic mass is 16.6. The molecule has 1 aromatic carbocycles. The Bertz CT molecular complexity index is 641. The average molecular weight is 360 g/mol. The minimum Gasteiger partial charge on any atom is -0.445 e. The molecule has 0 spiro atoms. The Morgan fingerprint density at radius 2 is 1.81 bits per heavy atom. The molecule has 2 atom stereocenters. The Hall–Kier alpha value is -2.24. The van der Waals surface area contributed by atoms with Crippen molar-refractivity contribution >= 4 is 12.2 Å². The molecule has 1 aromatic rings. The van der Waals surface area contributed by atoms with Crippen LogP contribution in [0.15, 0.2) is 30.3 Å². The van der Waals surface area contributed by atoms with Crippen LogP contribution in [0, 0.1) is 5.92 Å². The van der Waals surface area contributed by atoms with Gasteiger partial charge in [0.15, 0.2) is 0 Å². The van der Waals surface area contributed by atoms with Crippen molar-refractivity contribution in [3.63, 3.8) is 0 Å². The maximum Gasteiger partial charge on any atom is 0.410 e. The zero-order valence-electron chi connectivity index (χ0n) is 15.8. The molecule has 0 aromatic heterocycles. The Labute approximate surface area is 155 Å². The van der Waals surface area contributed by atoms with Gasteiger partial charge in [-0.15, -0.1) is 0 Å². The van der Waals surface area contributed by atoms with Crippen LogP contribution in [0.3, 0.4) is 0 Å². The highest BCUT2D eigenvalue weighted by Crippen LogP contribution is 2.32. The van der Waals surface area contributed by atoms with Crippen molar-refractivity contribution in [3.05, 3.63) is 35.9 Å². The Balaban J connectivity index is 1.51. The van der Waals surface area contributed by atoms with Crippen LogP contribution in [0.2, 0.25) is 0 Å². The summed E-state index contributed by atoms with van der Waals surface area (Å²) in [6.07, 6.45) is 1.14. The maximum absolute atomic E-state index is 12.4. The van der Waals surface area contributed by atoms with E-state index in [4.69, 9.17) is 9.47 Å². The average Bonchev–Trinajstić information content (AvgIpc) is 3.02. The number of carbonyl (C=O) groups excluding carboxylic acids is 2. The van der Waals surface area contributed by atoms with Gasteiger partial charge in [-0.2, -0.15) is 0 Å². The van der Waals surface area contributed by atoms with Crippen LogP contribution < -0.4 is 0 Å². The summed E-state index contributed by atoms with van der Waals surface area (Å²) < 4.78 is 11.0. The molecule has 0 radical (unpaired) electrons. The van der Waals surface area contributed by atoms with Crippen LogP contribution in [-0.4, -0.2) is 53.3 Å². The zero-order valence-corrected chi connectivity index (χ0v) is 15.8. The van der Waals surface area contributed by atoms with Crippen molar-refractivity contribution in [1.82, 2.24) is 9.80 Å². The topological polar surface area (TPSA) is 59.1 Å². The summed E-state index contributed by atoms with van der Waals surface area (Å²) in [5.41, 5.74) is 0.490. The van der Waals surface area contributed by atoms with Crippen molar-refractivity contribution in [3.8, 4) is 0 Å². The number of hydrogen-bond donors (Lipinski definition) is 0. The van der Waals surface area contributed by atoms with Crippen LogP contribution >= 0.6 is 0 Å². The van der Waals surface area contributed by atoms with Crippen LogP contribution in [0.1, 0.15) is 39.2 Å². The number of likely N-dealkylation sites (tertiary alicyclic amines) is 2. The molecule has 3 rings (SSSR count). The first kappa shape index (κ1) is 18.5. The summed E-state index contributed by atoms with van der Waals surface area (Å²) in [6, 6.07) is 9.83. The smallest absolute Gasteiger partial charge is 0.410 e. The fourth-order valence-electron chi connectivity index (χ4n) is 3.71. The van der Waals surface area contributed by atoms with Gasteiger partial charge in [-0.25, -0.2) is 9.59 Å². The van der Waals surface area contributed by atoms with Gasteiger partial charge >= 0.3 is 12.2 Å². The van der Waals surface area contributed by atoms with E-state index in [1.165, 1.54) is 0 Å². The molecule has 0 N–H and O–H groups in total. The molecule has 2 amide bonds. The molecule has 2 aliphatic heterocycles. The highest BCUT2D eigenvalue weighted by Gasteiger charge is 2.43. The van der Waals surface area contributed by atoms with Crippen LogP contribution in [0.4, 0.5) is 9.59 Å². The van der Waals surface area contributed by atoms with Crippen molar-refractivity contribution < 1.29 is 19.1 Å². The molecule has 0 aliphatic carbocycles. The second-order valence-corrected chi connectivity index (χ2v) is 8.06. The minimum atomic E-state index is -0.489. The lowest BCUT2D eigenvalue weighted by Crippen LogP contribution is -2.50. The van der Waals surface area contributed by atoms with E-state index in [2.05, 4.69) is 0 Å². The fraction of sp³-hybridized carbons (Fsp3) is 0.600. The van der Waals surface area contributed by atoms with Crippen molar-refractivity contribution in [1.29, 1.82) is 0 Å². The van der Waals surface area contributed by atoms with E-state index in [-0.39, 0.29) is 24.8 Å². The summed E-state index contributed by atoms with van der Waals surface area (Å²) in [6.45, 7) is 7.86. The lowest BCUT2D eigenvalue weighted by Gasteiger charge is -2.37. The first-order valence-corrected chi connectivity index (χ1v) is 9.29. The first-order valence-electron chi connectivity index (χ1n) is 9.29. The standard InChI is InChI=1S/C20H28N2O4/c1-20(2,3)26-19(24)22-12-9-16-13-21(11-10-17(16)22)18(23)25-14-15-7-5-4-6-8-15/h4-8,16-17H,9-14H2,1-3H3. The molecule has 0 bridgehead atoms. The van der Waals surface area contributed by atoms with Gasteiger partial charge in [-0.05, 0) is 45.1 Å². The number of hydrogen-bond acceptors (Lipinski definition) is 4. The summed E-state index contributed by atoms with van der Waals surface area (Å²) in [4.78, 5) is 28.4. The van der Waals surface area contributed by atoms with Gasteiger partial charge in [0.2, 0.25) is 0 Å². The predicted molar refractivity (Wildman–Crippen MR) is 97.7 cm³/mol. The SMILES string of the molecule is CC(C)(C)OC(=O)N1CCC2CN(C(=O)OCc3ccccc3)CCC21. The van der Waals surface area contributed by atoms with Crippen LogP contribution in [-0.2, 0) is 16.1 Å². The van der Waals surface area contributed by atoms with E-state index in [1.807, 2.05) is 56.0 Å². The minimum absolute atomic E-state index is 0.156. The molecule has 2 unspecified atom stereocenters. The van der Waals surface area contributed by atoms with E-state index in [9.17, 15) is 9.59 Å². The molecule has 0 saturated carbocycles. The molecular formula is C20H28N2O4. The second-order valence-electron chi connectivity index (χ2n) is 8.06. The summed E-state index contributed by atoms with van der Waals surface area (Å²) in [5.74, 6) is 0.292. The summed E-state index contributed by atoms with van der Waals surface area (Å²) in [7, 11) is 0. The Kier molecular flexibility index (Phi) is 5.39. The van der Waals surface area contributed by atoms with Gasteiger partial charge in [0.05, 0.1) is 0 Å². The third kappa shape index (κ3) is 4.48. The number of rotatable bonds is 2. The van der Waals surface area contributed by atoms with E-state index < -0.39 is 5.60 Å². The van der Waals surface area contributed by atoms with Crippen LogP contribution in [0.5, 0.6) is 0 Å². The maximum atomic E-state index is 12.4. The number of piperidine rings is 1. The van der Waals surface area contributed by atoms with Crippen molar-refractivity contribution in [2.24, 2.45) is 5.92 Å². The quantitative estimate of drug-likeness (QED) is 0.808. The molecule has 2 fully saturated rings. The van der Waals surface area contributed by atoms with Crippen LogP contribution in [0.25, 0.3) is 0 Å². The number of amides is 2. The molecular weight excluding hydrogens is 332 g/mol. The number of ether oxygens (including phenoxy) is 2. The zero-order chi connectivity index (χ0) is 18.7. The number of fused-ring (bicyclic) bond motifs is 1. The lowest BCUT2D eigenvalue weighted by molar-refractivity contribution is 0.0136. The lowest BCUT2D eigenvalue weighted by atomic mass is 9.93. The molecule has 6 nitrogen and oxygen atoms in total. The van der Waals surface area contributed by atoms with Gasteiger partial charge in [0.25, 0.3) is 0 Å². The molecule has 142 valence electrons. The van der Waals surface area contributed by atoms with E-state index in [0.717, 1.165) is 18.4 Å². The third-order valence-electron chi connectivity index (χ3n) is 4.93. The van der Waals surface area contributed by atoms with Gasteiger partial charge in [0, 0.05) is 25.7 Å². The highest BCUT2D eigenvalue weighted by molar-refractivity contribution is 5.70. The predicted octanol–water partition coefficient (Wildman–Crippen LogP) is 3.65. The number of nitrogens with zero attached hydrogens (tertiary/aromatic N) is 2. The molecule has 26 heavy (non-hydrogen) atoms. The Morgan fingerprint density at radius 1 is 1.08 bits per heavy atom. The molecule has 2 heterocycles. The number of carbonyl (C=O) groups is 2. The van der Waals surface area contributed by atoms with Gasteiger partial charge < -0.3 is 19.3 Å².